The molecule has 3 heterocycles. The standard InChI is InChI=1S/C25H23N7O2/c1-14(28-24(33)20-21(26)30-31-13-3-12-27-23(20)31)22-29-18-5-2-4-16(9-8-15-6-7-15)19(18)25(34)32(22)17-10-11-17/h2-5,12-15,17H,6-7,10-11H2,1H3,(H2,26,30)(H,28,33)/t14-/m0/s1. The number of hydrogen-bond acceptors (Lipinski definition) is 6. The number of anilines is 1. The van der Waals surface area contributed by atoms with E-state index in [1.54, 1.807) is 23.0 Å². The first kappa shape index (κ1) is 20.4. The molecular formula is C25H23N7O2. The number of rotatable bonds is 4. The molecule has 1 aromatic carbocycles. The third-order valence-electron chi connectivity index (χ3n) is 6.24. The van der Waals surface area contributed by atoms with Crippen molar-refractivity contribution in [3.63, 3.8) is 0 Å². The highest BCUT2D eigenvalue weighted by atomic mass is 16.2. The average molecular weight is 454 g/mol. The van der Waals surface area contributed by atoms with E-state index in [1.165, 1.54) is 4.52 Å². The first-order chi connectivity index (χ1) is 16.5. The van der Waals surface area contributed by atoms with E-state index in [4.69, 9.17) is 10.7 Å². The highest BCUT2D eigenvalue weighted by Crippen LogP contribution is 2.36. The second-order valence-corrected chi connectivity index (χ2v) is 8.96. The number of carbonyl (C=O) groups excluding carboxylic acids is 1. The maximum Gasteiger partial charge on any atom is 0.262 e. The number of nitrogen functional groups attached to an aromatic ring is 1. The molecule has 2 saturated carbocycles. The third kappa shape index (κ3) is 3.48. The van der Waals surface area contributed by atoms with Gasteiger partial charge in [0.2, 0.25) is 0 Å². The number of hydrogen-bond donors (Lipinski definition) is 2. The number of nitrogens with two attached hydrogens (primary N) is 1. The van der Waals surface area contributed by atoms with Crippen molar-refractivity contribution >= 4 is 28.3 Å². The fourth-order valence-corrected chi connectivity index (χ4v) is 4.22. The number of fused-ring (bicyclic) bond motifs is 2. The van der Waals surface area contributed by atoms with Crippen molar-refractivity contribution in [2.24, 2.45) is 5.92 Å². The van der Waals surface area contributed by atoms with Crippen molar-refractivity contribution in [2.75, 3.05) is 5.73 Å². The van der Waals surface area contributed by atoms with Gasteiger partial charge < -0.3 is 11.1 Å². The summed E-state index contributed by atoms with van der Waals surface area (Å²) in [5.74, 6) is 7.07. The van der Waals surface area contributed by atoms with Crippen LogP contribution in [0.4, 0.5) is 5.82 Å². The first-order valence-corrected chi connectivity index (χ1v) is 11.5. The molecule has 1 atom stereocenters. The van der Waals surface area contributed by atoms with E-state index in [-0.39, 0.29) is 23.0 Å². The van der Waals surface area contributed by atoms with Crippen LogP contribution in [0.25, 0.3) is 16.6 Å². The van der Waals surface area contributed by atoms with Gasteiger partial charge in [0.05, 0.1) is 16.9 Å². The van der Waals surface area contributed by atoms with Gasteiger partial charge in [-0.15, -0.1) is 5.10 Å². The minimum atomic E-state index is -0.538. The van der Waals surface area contributed by atoms with E-state index >= 15 is 0 Å². The minimum absolute atomic E-state index is 0.0758. The summed E-state index contributed by atoms with van der Waals surface area (Å²) in [6.07, 6.45) is 7.31. The van der Waals surface area contributed by atoms with Gasteiger partial charge in [-0.05, 0) is 50.8 Å². The maximum atomic E-state index is 13.7. The molecule has 0 unspecified atom stereocenters. The van der Waals surface area contributed by atoms with Gasteiger partial charge in [-0.25, -0.2) is 14.5 Å². The number of benzene rings is 1. The van der Waals surface area contributed by atoms with Crippen LogP contribution >= 0.6 is 0 Å². The number of aromatic nitrogens is 5. The fourth-order valence-electron chi connectivity index (χ4n) is 4.22. The number of amides is 1. The Kier molecular flexibility index (Phi) is 4.62. The molecule has 2 aliphatic carbocycles. The lowest BCUT2D eigenvalue weighted by molar-refractivity contribution is 0.0939. The van der Waals surface area contributed by atoms with Gasteiger partial charge in [-0.1, -0.05) is 17.9 Å². The molecule has 1 amide bonds. The van der Waals surface area contributed by atoms with Crippen molar-refractivity contribution in [1.29, 1.82) is 0 Å². The lowest BCUT2D eigenvalue weighted by Crippen LogP contribution is -2.34. The van der Waals surface area contributed by atoms with Crippen molar-refractivity contribution in [1.82, 2.24) is 29.5 Å². The van der Waals surface area contributed by atoms with Gasteiger partial charge in [-0.2, -0.15) is 0 Å². The molecule has 2 fully saturated rings. The second kappa shape index (κ2) is 7.70. The zero-order valence-electron chi connectivity index (χ0n) is 18.7. The molecular weight excluding hydrogens is 430 g/mol. The lowest BCUT2D eigenvalue weighted by Gasteiger charge is -2.19. The molecule has 0 radical (unpaired) electrons. The van der Waals surface area contributed by atoms with Crippen LogP contribution in [0.15, 0.2) is 41.5 Å². The molecule has 9 heteroatoms. The summed E-state index contributed by atoms with van der Waals surface area (Å²) in [7, 11) is 0. The van der Waals surface area contributed by atoms with Crippen LogP contribution in [0.3, 0.4) is 0 Å². The lowest BCUT2D eigenvalue weighted by atomic mass is 10.1. The Balaban J connectivity index is 1.41. The number of nitrogens with one attached hydrogen (secondary N) is 1. The van der Waals surface area contributed by atoms with Crippen molar-refractivity contribution in [2.45, 2.75) is 44.7 Å². The van der Waals surface area contributed by atoms with E-state index in [1.807, 2.05) is 25.1 Å². The summed E-state index contributed by atoms with van der Waals surface area (Å²) >= 11 is 0. The number of nitrogens with zero attached hydrogens (tertiary/aromatic N) is 5. The van der Waals surface area contributed by atoms with E-state index in [0.717, 1.165) is 25.7 Å². The molecule has 0 spiro atoms. The molecule has 0 aliphatic heterocycles. The summed E-state index contributed by atoms with van der Waals surface area (Å²) in [5.41, 5.74) is 7.76. The van der Waals surface area contributed by atoms with E-state index in [0.29, 0.717) is 33.9 Å². The third-order valence-corrected chi connectivity index (χ3v) is 6.24. The monoisotopic (exact) mass is 453 g/mol. The molecule has 34 heavy (non-hydrogen) atoms. The molecule has 9 nitrogen and oxygen atoms in total. The van der Waals surface area contributed by atoms with Crippen LogP contribution in [0.1, 0.15) is 66.4 Å². The summed E-state index contributed by atoms with van der Waals surface area (Å²) in [4.78, 5) is 35.9. The van der Waals surface area contributed by atoms with E-state index < -0.39 is 11.9 Å². The van der Waals surface area contributed by atoms with Crippen LogP contribution in [-0.2, 0) is 0 Å². The molecule has 170 valence electrons. The van der Waals surface area contributed by atoms with Gasteiger partial charge in [-0.3, -0.25) is 14.2 Å². The largest absolute Gasteiger partial charge is 0.381 e. The molecule has 3 aromatic heterocycles. The van der Waals surface area contributed by atoms with Crippen molar-refractivity contribution in [3.8, 4) is 11.8 Å². The highest BCUT2D eigenvalue weighted by Gasteiger charge is 2.31. The SMILES string of the molecule is C[C@H](NC(=O)c1c(N)nn2cccnc12)c1nc2cccc(C#CC3CC3)c2c(=O)n1C1CC1. The van der Waals surface area contributed by atoms with Crippen molar-refractivity contribution in [3.05, 3.63) is 64.0 Å². The predicted octanol–water partition coefficient (Wildman–Crippen LogP) is 2.61. The topological polar surface area (TPSA) is 120 Å². The summed E-state index contributed by atoms with van der Waals surface area (Å²) in [6.45, 7) is 1.82. The Morgan fingerprint density at radius 1 is 1.24 bits per heavy atom. The van der Waals surface area contributed by atoms with Gasteiger partial charge in [0.15, 0.2) is 11.5 Å². The predicted molar refractivity (Wildman–Crippen MR) is 127 cm³/mol. The van der Waals surface area contributed by atoms with Gasteiger partial charge in [0.25, 0.3) is 11.5 Å². The van der Waals surface area contributed by atoms with Crippen LogP contribution in [0.2, 0.25) is 0 Å². The fraction of sp³-hybridized carbons (Fsp3) is 0.320. The molecule has 3 N–H and O–H groups in total. The molecule has 0 bridgehead atoms. The van der Waals surface area contributed by atoms with Crippen LogP contribution in [-0.4, -0.2) is 30.1 Å². The zero-order valence-corrected chi connectivity index (χ0v) is 18.7. The Morgan fingerprint density at radius 2 is 2.06 bits per heavy atom. The number of carbonyl (C=O) groups is 1. The zero-order chi connectivity index (χ0) is 23.4. The molecule has 2 aliphatic rings. The summed E-state index contributed by atoms with van der Waals surface area (Å²) in [5, 5.41) is 7.65. The molecule has 6 rings (SSSR count). The Hall–Kier alpha value is -4.19. The molecule has 0 saturated heterocycles. The van der Waals surface area contributed by atoms with Crippen LogP contribution < -0.4 is 16.6 Å². The quantitative estimate of drug-likeness (QED) is 0.458. The first-order valence-electron chi connectivity index (χ1n) is 11.5. The van der Waals surface area contributed by atoms with Crippen LogP contribution in [0.5, 0.6) is 0 Å². The normalized spacial score (nSPS) is 16.3. The Labute approximate surface area is 195 Å². The Bertz CT molecular complexity index is 1580. The minimum Gasteiger partial charge on any atom is -0.381 e. The smallest absolute Gasteiger partial charge is 0.262 e. The van der Waals surface area contributed by atoms with Crippen LogP contribution in [0, 0.1) is 17.8 Å². The second-order valence-electron chi connectivity index (χ2n) is 8.96. The summed E-state index contributed by atoms with van der Waals surface area (Å²) < 4.78 is 3.20. The van der Waals surface area contributed by atoms with E-state index in [2.05, 4.69) is 27.2 Å². The van der Waals surface area contributed by atoms with Gasteiger partial charge in [0.1, 0.15) is 11.4 Å². The Morgan fingerprint density at radius 3 is 2.82 bits per heavy atom. The van der Waals surface area contributed by atoms with E-state index in [9.17, 15) is 9.59 Å². The van der Waals surface area contributed by atoms with Gasteiger partial charge in [0, 0.05) is 29.9 Å². The summed E-state index contributed by atoms with van der Waals surface area (Å²) in [6, 6.07) is 6.81. The average Bonchev–Trinajstić information content (AvgIpc) is 3.74. The highest BCUT2D eigenvalue weighted by molar-refractivity contribution is 6.04. The van der Waals surface area contributed by atoms with Gasteiger partial charge >= 0.3 is 0 Å². The molecule has 4 aromatic rings. The van der Waals surface area contributed by atoms with Crippen molar-refractivity contribution < 1.29 is 4.79 Å². The maximum absolute atomic E-state index is 13.7.